The van der Waals surface area contributed by atoms with Gasteiger partial charge < -0.3 is 11.5 Å². The number of halogens is 1. The molecule has 1 aromatic carbocycles. The first-order chi connectivity index (χ1) is 8.16. The van der Waals surface area contributed by atoms with Crippen molar-refractivity contribution in [3.05, 3.63) is 22.7 Å². The minimum absolute atomic E-state index is 0.0537. The van der Waals surface area contributed by atoms with Crippen molar-refractivity contribution >= 4 is 33.2 Å². The van der Waals surface area contributed by atoms with Gasteiger partial charge in [0.05, 0.1) is 11.6 Å². The second kappa shape index (κ2) is 5.13. The number of primary amides is 1. The highest BCUT2D eigenvalue weighted by atomic mass is 35.5. The monoisotopic (exact) mass is 291 g/mol. The number of carbonyl (C=O) groups is 1. The molecule has 0 heterocycles. The number of benzene rings is 1. The number of likely N-dealkylation sites (N-methyl/N-ethyl adjacent to an activating group) is 1. The second-order valence-electron chi connectivity index (χ2n) is 3.87. The van der Waals surface area contributed by atoms with Crippen LogP contribution in [0.2, 0.25) is 5.02 Å². The van der Waals surface area contributed by atoms with Crippen LogP contribution < -0.4 is 11.5 Å². The van der Waals surface area contributed by atoms with Crippen molar-refractivity contribution in [1.82, 2.24) is 4.31 Å². The highest BCUT2D eigenvalue weighted by molar-refractivity contribution is 7.89. The van der Waals surface area contributed by atoms with Crippen LogP contribution in [0.25, 0.3) is 0 Å². The third-order valence-electron chi connectivity index (χ3n) is 2.39. The molecule has 4 N–H and O–H groups in total. The van der Waals surface area contributed by atoms with Crippen LogP contribution in [0, 0.1) is 6.92 Å². The number of aryl methyl sites for hydroxylation is 1. The van der Waals surface area contributed by atoms with E-state index < -0.39 is 22.5 Å². The molecule has 0 bridgehead atoms. The van der Waals surface area contributed by atoms with Gasteiger partial charge in [0.2, 0.25) is 15.9 Å². The summed E-state index contributed by atoms with van der Waals surface area (Å²) in [6.07, 6.45) is 0. The summed E-state index contributed by atoms with van der Waals surface area (Å²) in [5.41, 5.74) is 11.6. The van der Waals surface area contributed by atoms with Crippen LogP contribution in [0.5, 0.6) is 0 Å². The SMILES string of the molecule is Cc1cc(Cl)c(S(=O)(=O)N(C)CC(N)=O)cc1N. The Hall–Kier alpha value is -1.31. The van der Waals surface area contributed by atoms with Gasteiger partial charge in [0.1, 0.15) is 4.90 Å². The summed E-state index contributed by atoms with van der Waals surface area (Å²) < 4.78 is 25.1. The Kier molecular flexibility index (Phi) is 4.20. The molecule has 0 aliphatic heterocycles. The van der Waals surface area contributed by atoms with Crippen molar-refractivity contribution in [2.45, 2.75) is 11.8 Å². The summed E-state index contributed by atoms with van der Waals surface area (Å²) in [4.78, 5) is 10.6. The van der Waals surface area contributed by atoms with E-state index >= 15 is 0 Å². The number of anilines is 1. The Labute approximate surface area is 111 Å². The Balaban J connectivity index is 3.29. The fourth-order valence-corrected chi connectivity index (χ4v) is 3.06. The lowest BCUT2D eigenvalue weighted by molar-refractivity contribution is -0.118. The lowest BCUT2D eigenvalue weighted by atomic mass is 10.2. The largest absolute Gasteiger partial charge is 0.398 e. The number of amides is 1. The smallest absolute Gasteiger partial charge is 0.244 e. The summed E-state index contributed by atoms with van der Waals surface area (Å²) >= 11 is 5.89. The van der Waals surface area contributed by atoms with Crippen molar-refractivity contribution in [2.24, 2.45) is 5.73 Å². The summed E-state index contributed by atoms with van der Waals surface area (Å²) in [7, 11) is -2.64. The van der Waals surface area contributed by atoms with Crippen molar-refractivity contribution in [2.75, 3.05) is 19.3 Å². The number of rotatable bonds is 4. The molecule has 0 radical (unpaired) electrons. The molecule has 1 amide bonds. The summed E-state index contributed by atoms with van der Waals surface area (Å²) in [5, 5.41) is 0.0537. The van der Waals surface area contributed by atoms with Crippen molar-refractivity contribution in [3.8, 4) is 0 Å². The fraction of sp³-hybridized carbons (Fsp3) is 0.300. The minimum atomic E-state index is -3.88. The predicted molar refractivity (Wildman–Crippen MR) is 69.6 cm³/mol. The maximum atomic E-state index is 12.1. The lowest BCUT2D eigenvalue weighted by Crippen LogP contribution is -2.35. The molecule has 1 aromatic rings. The standard InChI is InChI=1S/C10H14ClN3O3S/c1-6-3-7(11)9(4-8(6)12)18(16,17)14(2)5-10(13)15/h3-4H,5,12H2,1-2H3,(H2,13,15). The van der Waals surface area contributed by atoms with Crippen molar-refractivity contribution in [1.29, 1.82) is 0 Å². The molecular formula is C10H14ClN3O3S. The number of sulfonamides is 1. The van der Waals surface area contributed by atoms with Crippen molar-refractivity contribution < 1.29 is 13.2 Å². The first-order valence-corrected chi connectivity index (χ1v) is 6.78. The molecule has 0 fully saturated rings. The molecule has 0 spiro atoms. The topological polar surface area (TPSA) is 106 Å². The Morgan fingerprint density at radius 3 is 2.50 bits per heavy atom. The number of nitrogens with two attached hydrogens (primary N) is 2. The van der Waals surface area contributed by atoms with Crippen LogP contribution >= 0.6 is 11.6 Å². The number of nitrogens with zero attached hydrogens (tertiary/aromatic N) is 1. The van der Waals surface area contributed by atoms with Crippen LogP contribution in [0.4, 0.5) is 5.69 Å². The van der Waals surface area contributed by atoms with Gasteiger partial charge in [0.25, 0.3) is 0 Å². The van der Waals surface area contributed by atoms with Gasteiger partial charge in [-0.2, -0.15) is 4.31 Å². The van der Waals surface area contributed by atoms with E-state index in [-0.39, 0.29) is 9.92 Å². The van der Waals surface area contributed by atoms with E-state index in [1.807, 2.05) is 0 Å². The molecule has 100 valence electrons. The van der Waals surface area contributed by atoms with Gasteiger partial charge in [-0.05, 0) is 24.6 Å². The van der Waals surface area contributed by atoms with E-state index in [1.165, 1.54) is 19.2 Å². The van der Waals surface area contributed by atoms with E-state index in [1.54, 1.807) is 6.92 Å². The van der Waals surface area contributed by atoms with E-state index in [9.17, 15) is 13.2 Å². The predicted octanol–water partition coefficient (Wildman–Crippen LogP) is 0.336. The van der Waals surface area contributed by atoms with E-state index in [0.717, 1.165) is 4.31 Å². The van der Waals surface area contributed by atoms with Gasteiger partial charge in [-0.1, -0.05) is 11.6 Å². The van der Waals surface area contributed by atoms with Crippen molar-refractivity contribution in [3.63, 3.8) is 0 Å². The summed E-state index contributed by atoms with van der Waals surface area (Å²) in [6.45, 7) is 1.29. The van der Waals surface area contributed by atoms with Crippen LogP contribution in [-0.2, 0) is 14.8 Å². The van der Waals surface area contributed by atoms with E-state index in [0.29, 0.717) is 11.3 Å². The average molecular weight is 292 g/mol. The highest BCUT2D eigenvalue weighted by Crippen LogP contribution is 2.28. The maximum Gasteiger partial charge on any atom is 0.244 e. The van der Waals surface area contributed by atoms with Gasteiger partial charge in [-0.15, -0.1) is 0 Å². The second-order valence-corrected chi connectivity index (χ2v) is 6.29. The van der Waals surface area contributed by atoms with Gasteiger partial charge in [-0.25, -0.2) is 8.42 Å². The molecule has 0 aliphatic carbocycles. The molecule has 0 aromatic heterocycles. The van der Waals surface area contributed by atoms with Gasteiger partial charge >= 0.3 is 0 Å². The van der Waals surface area contributed by atoms with E-state index in [2.05, 4.69) is 0 Å². The van der Waals surface area contributed by atoms with Crippen LogP contribution in [-0.4, -0.2) is 32.2 Å². The van der Waals surface area contributed by atoms with Crippen LogP contribution in [0.1, 0.15) is 5.56 Å². The first kappa shape index (κ1) is 14.7. The Morgan fingerprint density at radius 2 is 2.00 bits per heavy atom. The third kappa shape index (κ3) is 2.92. The average Bonchev–Trinajstić information content (AvgIpc) is 2.22. The third-order valence-corrected chi connectivity index (χ3v) is 4.66. The molecule has 0 atom stereocenters. The molecular weight excluding hydrogens is 278 g/mol. The molecule has 0 unspecified atom stereocenters. The molecule has 0 saturated heterocycles. The first-order valence-electron chi connectivity index (χ1n) is 4.96. The zero-order valence-corrected chi connectivity index (χ0v) is 11.5. The maximum absolute atomic E-state index is 12.1. The number of hydrogen-bond donors (Lipinski definition) is 2. The molecule has 8 heteroatoms. The Morgan fingerprint density at radius 1 is 1.44 bits per heavy atom. The number of hydrogen-bond acceptors (Lipinski definition) is 4. The highest BCUT2D eigenvalue weighted by Gasteiger charge is 2.25. The summed E-state index contributed by atoms with van der Waals surface area (Å²) in [5.74, 6) is -0.753. The fourth-order valence-electron chi connectivity index (χ4n) is 1.34. The molecule has 18 heavy (non-hydrogen) atoms. The molecule has 6 nitrogen and oxygen atoms in total. The van der Waals surface area contributed by atoms with E-state index in [4.69, 9.17) is 23.1 Å². The quantitative estimate of drug-likeness (QED) is 0.780. The zero-order valence-electron chi connectivity index (χ0n) is 9.97. The number of nitrogen functional groups attached to an aromatic ring is 1. The lowest BCUT2D eigenvalue weighted by Gasteiger charge is -2.17. The van der Waals surface area contributed by atoms with Gasteiger partial charge in [-0.3, -0.25) is 4.79 Å². The summed E-state index contributed by atoms with van der Waals surface area (Å²) in [6, 6.07) is 2.73. The zero-order chi connectivity index (χ0) is 14.1. The molecule has 0 aliphatic rings. The van der Waals surface area contributed by atoms with Gasteiger partial charge in [0.15, 0.2) is 0 Å². The van der Waals surface area contributed by atoms with Gasteiger partial charge in [0, 0.05) is 12.7 Å². The van der Waals surface area contributed by atoms with Crippen LogP contribution in [0.15, 0.2) is 17.0 Å². The minimum Gasteiger partial charge on any atom is -0.398 e. The number of carbonyl (C=O) groups excluding carboxylic acids is 1. The molecule has 1 rings (SSSR count). The van der Waals surface area contributed by atoms with Crippen LogP contribution in [0.3, 0.4) is 0 Å². The molecule has 0 saturated carbocycles. The Bertz CT molecular complexity index is 586. The normalized spacial score (nSPS) is 11.8.